The quantitative estimate of drug-likeness (QED) is 0.0275. The van der Waals surface area contributed by atoms with E-state index in [1.165, 1.54) is 16.7 Å². The van der Waals surface area contributed by atoms with Crippen molar-refractivity contribution < 1.29 is 44.9 Å². The van der Waals surface area contributed by atoms with Crippen LogP contribution in [0.5, 0.6) is 0 Å². The first-order valence-electron chi connectivity index (χ1n) is 27.6. The molecule has 0 amide bonds. The van der Waals surface area contributed by atoms with Crippen LogP contribution in [0.15, 0.2) is 95.2 Å². The second kappa shape index (κ2) is 26.1. The Morgan fingerprint density at radius 2 is 1.89 bits per heavy atom. The van der Waals surface area contributed by atoms with Crippen LogP contribution in [-0.2, 0) is 27.1 Å². The Balaban J connectivity index is 1.20. The number of benzene rings is 1. The predicted octanol–water partition coefficient (Wildman–Crippen LogP) is 6.25. The van der Waals surface area contributed by atoms with Gasteiger partial charge in [0.2, 0.25) is 0 Å². The summed E-state index contributed by atoms with van der Waals surface area (Å²) in [5.41, 5.74) is 5.06. The van der Waals surface area contributed by atoms with E-state index < -0.39 is 35.7 Å². The zero-order chi connectivity index (χ0) is 51.5. The summed E-state index contributed by atoms with van der Waals surface area (Å²) in [6.07, 6.45) is 24.1. The molecule has 0 aromatic heterocycles. The normalized spacial score (nSPS) is 35.6. The summed E-state index contributed by atoms with van der Waals surface area (Å²) in [7, 11) is 3.67. The van der Waals surface area contributed by atoms with Gasteiger partial charge in [0, 0.05) is 62.2 Å². The molecule has 1 aliphatic heterocycles. The maximum absolute atomic E-state index is 13.1. The third kappa shape index (κ3) is 12.8. The number of fused-ring (bicyclic) bond motifs is 6. The first-order valence-corrected chi connectivity index (χ1v) is 27.6. The predicted molar refractivity (Wildman–Crippen MR) is 285 cm³/mol. The van der Waals surface area contributed by atoms with Crippen LogP contribution < -0.4 is 16.0 Å². The molecule has 1 heterocycles. The van der Waals surface area contributed by atoms with E-state index in [0.717, 1.165) is 93.8 Å². The lowest BCUT2D eigenvalue weighted by Gasteiger charge is -2.61. The minimum Gasteiger partial charge on any atom is -0.396 e. The first kappa shape index (κ1) is 56.6. The molecule has 6 aliphatic rings. The molecule has 72 heavy (non-hydrogen) atoms. The van der Waals surface area contributed by atoms with Crippen molar-refractivity contribution in [3.8, 4) is 0 Å². The fourth-order valence-corrected chi connectivity index (χ4v) is 14.7. The van der Waals surface area contributed by atoms with Gasteiger partial charge in [0.1, 0.15) is 12.4 Å². The van der Waals surface area contributed by atoms with Gasteiger partial charge in [-0.25, -0.2) is 0 Å². The Hall–Kier alpha value is -3.11. The van der Waals surface area contributed by atoms with E-state index in [1.807, 2.05) is 40.2 Å². The Morgan fingerprint density at radius 3 is 2.64 bits per heavy atom. The van der Waals surface area contributed by atoms with E-state index in [4.69, 9.17) is 16.1 Å². The van der Waals surface area contributed by atoms with E-state index in [0.29, 0.717) is 69.3 Å². The van der Waals surface area contributed by atoms with Gasteiger partial charge in [-0.2, -0.15) is 0 Å². The average molecular weight is 998 g/mol. The molecule has 12 nitrogen and oxygen atoms in total. The third-order valence-corrected chi connectivity index (χ3v) is 18.3. The van der Waals surface area contributed by atoms with Gasteiger partial charge in [-0.05, 0) is 169 Å². The van der Waals surface area contributed by atoms with Crippen molar-refractivity contribution in [3.63, 3.8) is 0 Å². The van der Waals surface area contributed by atoms with Gasteiger partial charge in [-0.3, -0.25) is 4.79 Å². The summed E-state index contributed by atoms with van der Waals surface area (Å²) in [6, 6.07) is 9.55. The monoisotopic (exact) mass is 998 g/mol. The van der Waals surface area contributed by atoms with E-state index in [9.17, 15) is 35.4 Å². The number of aliphatic hydroxyl groups is 6. The fourth-order valence-electron chi connectivity index (χ4n) is 14.7. The van der Waals surface area contributed by atoms with Crippen molar-refractivity contribution in [2.45, 2.75) is 146 Å². The molecule has 5 aliphatic carbocycles. The standard InChI is InChI=1S/C60H91N3O9/c1-40(54-30-43-11-7-12-44(28-43)32-58(24-27-71-5,63-35-45-13-8-14-47(54)29-45)50-16-9-17-51(31-50)62-34-42(3)67)10-6-15-49(38-72-39-52(68)37-66)53-20-22-60(57(53)69)56-46(21-26-64)18-19-48(55(56)41(2)36-65)33-59(60,70)23-25-61-4/h6-7,10-12,15,18-19,28-29,36,42,46-48,50-54,56-57,61-64,66-70H,1,8-9,13-14,16-17,20-27,30-35,37-39H2,2-5H3. The Bertz CT molecular complexity index is 2120. The number of carbonyl (C=O) groups is 1. The second-order valence-corrected chi connectivity index (χ2v) is 22.9. The average Bonchev–Trinajstić information content (AvgIpc) is 3.73. The summed E-state index contributed by atoms with van der Waals surface area (Å²) in [4.78, 5) is 12.6. The van der Waals surface area contributed by atoms with Crippen molar-refractivity contribution in [3.05, 3.63) is 106 Å². The molecular weight excluding hydrogens is 907 g/mol. The molecular formula is C60H91N3O9. The van der Waals surface area contributed by atoms with Crippen LogP contribution >= 0.6 is 0 Å². The molecule has 6 bridgehead atoms. The van der Waals surface area contributed by atoms with Crippen LogP contribution in [0.1, 0.15) is 108 Å². The number of nitrogens with one attached hydrogen (secondary N) is 3. The maximum Gasteiger partial charge on any atom is 0.145 e. The summed E-state index contributed by atoms with van der Waals surface area (Å²) in [6.45, 7) is 10.7. The molecule has 3 fully saturated rings. The molecule has 12 heteroatoms. The van der Waals surface area contributed by atoms with E-state index in [1.54, 1.807) is 0 Å². The lowest BCUT2D eigenvalue weighted by atomic mass is 9.45. The Morgan fingerprint density at radius 1 is 1.07 bits per heavy atom. The van der Waals surface area contributed by atoms with E-state index in [2.05, 4.69) is 64.5 Å². The minimum atomic E-state index is -1.28. The molecule has 0 saturated heterocycles. The fraction of sp³-hybridized carbons (Fsp3) is 0.683. The highest BCUT2D eigenvalue weighted by Gasteiger charge is 2.68. The van der Waals surface area contributed by atoms with Crippen LogP contribution in [0.4, 0.5) is 0 Å². The number of rotatable bonds is 22. The number of aldehydes is 1. The van der Waals surface area contributed by atoms with Gasteiger partial charge in [0.05, 0.1) is 37.6 Å². The van der Waals surface area contributed by atoms with Gasteiger partial charge in [0.25, 0.3) is 0 Å². The molecule has 1 aromatic rings. The third-order valence-electron chi connectivity index (χ3n) is 18.3. The van der Waals surface area contributed by atoms with Gasteiger partial charge in [-0.15, -0.1) is 0 Å². The number of hydrogen-bond donors (Lipinski definition) is 9. The molecule has 1 aromatic carbocycles. The van der Waals surface area contributed by atoms with Crippen molar-refractivity contribution >= 4 is 6.29 Å². The molecule has 400 valence electrons. The highest BCUT2D eigenvalue weighted by molar-refractivity contribution is 5.74. The molecule has 7 rings (SSSR count). The minimum absolute atomic E-state index is 0.0580. The first-order chi connectivity index (χ1) is 34.7. The van der Waals surface area contributed by atoms with Gasteiger partial charge < -0.3 is 56.1 Å². The summed E-state index contributed by atoms with van der Waals surface area (Å²) in [5.74, 6) is -0.228. The zero-order valence-corrected chi connectivity index (χ0v) is 44.1. The highest BCUT2D eigenvalue weighted by Crippen LogP contribution is 2.67. The van der Waals surface area contributed by atoms with Crippen LogP contribution in [0.2, 0.25) is 0 Å². The number of aliphatic hydroxyl groups excluding tert-OH is 5. The van der Waals surface area contributed by atoms with Gasteiger partial charge in [0.15, 0.2) is 0 Å². The number of carbonyl (C=O) groups excluding carboxylic acids is 1. The number of ether oxygens (including phenoxy) is 2. The molecule has 9 N–H and O–H groups in total. The van der Waals surface area contributed by atoms with Crippen LogP contribution in [-0.4, -0.2) is 139 Å². The smallest absolute Gasteiger partial charge is 0.145 e. The van der Waals surface area contributed by atoms with Gasteiger partial charge >= 0.3 is 0 Å². The summed E-state index contributed by atoms with van der Waals surface area (Å²) < 4.78 is 11.9. The zero-order valence-electron chi connectivity index (χ0n) is 44.1. The van der Waals surface area contributed by atoms with Gasteiger partial charge in [-0.1, -0.05) is 90.4 Å². The van der Waals surface area contributed by atoms with Crippen molar-refractivity contribution in [2.75, 3.05) is 66.8 Å². The Kier molecular flexibility index (Phi) is 20.5. The Labute approximate surface area is 431 Å². The molecule has 0 radical (unpaired) electrons. The number of allylic oxidation sites excluding steroid dienone is 9. The largest absolute Gasteiger partial charge is 0.396 e. The summed E-state index contributed by atoms with van der Waals surface area (Å²) in [5, 5.41) is 77.7. The van der Waals surface area contributed by atoms with E-state index >= 15 is 0 Å². The molecule has 3 saturated carbocycles. The van der Waals surface area contributed by atoms with Crippen LogP contribution in [0.25, 0.3) is 0 Å². The number of hydrogen-bond acceptors (Lipinski definition) is 12. The van der Waals surface area contributed by atoms with Crippen LogP contribution in [0, 0.1) is 46.8 Å². The summed E-state index contributed by atoms with van der Waals surface area (Å²) >= 11 is 0. The topological polar surface area (TPSA) is 193 Å². The number of methoxy groups -OCH3 is 1. The molecule has 14 unspecified atom stereocenters. The van der Waals surface area contributed by atoms with Crippen LogP contribution in [0.3, 0.4) is 0 Å². The van der Waals surface area contributed by atoms with Crippen molar-refractivity contribution in [1.82, 2.24) is 16.0 Å². The second-order valence-electron chi connectivity index (χ2n) is 22.9. The molecule has 1 spiro atoms. The highest BCUT2D eigenvalue weighted by atomic mass is 16.5. The molecule has 14 atom stereocenters. The SMILES string of the molecule is C=C(C=CC=C(COCC(O)CO)C1CCC2(C1O)C1C(=C(C)C=O)C(C=CC1CCO)CC2(O)CCNC)C1Cc2cccc(c2)CC(CCOC)(C2CCCC(NCC(C)O)C2)NCC2=CC1CCC2. The van der Waals surface area contributed by atoms with E-state index in [-0.39, 0.29) is 61.1 Å². The van der Waals surface area contributed by atoms with Crippen molar-refractivity contribution in [1.29, 1.82) is 0 Å². The van der Waals surface area contributed by atoms with Crippen molar-refractivity contribution in [2.24, 2.45) is 46.8 Å². The maximum atomic E-state index is 13.1. The lowest BCUT2D eigenvalue weighted by Crippen LogP contribution is -2.65. The lowest BCUT2D eigenvalue weighted by molar-refractivity contribution is -0.194.